The monoisotopic (exact) mass is 443 g/mol. The maximum Gasteiger partial charge on any atom is 0.278 e. The van der Waals surface area contributed by atoms with Gasteiger partial charge in [-0.25, -0.2) is 8.42 Å². The van der Waals surface area contributed by atoms with Gasteiger partial charge in [-0.2, -0.15) is 4.31 Å². The van der Waals surface area contributed by atoms with Crippen LogP contribution in [0.25, 0.3) is 0 Å². The van der Waals surface area contributed by atoms with Gasteiger partial charge in [0.2, 0.25) is 0 Å². The van der Waals surface area contributed by atoms with Crippen LogP contribution in [0.3, 0.4) is 0 Å². The zero-order chi connectivity index (χ0) is 21.9. The molecule has 0 aromatic heterocycles. The van der Waals surface area contributed by atoms with Crippen molar-refractivity contribution < 1.29 is 17.9 Å². The van der Waals surface area contributed by atoms with Crippen molar-refractivity contribution in [2.75, 3.05) is 10.9 Å². The molecule has 0 aliphatic carbocycles. The lowest BCUT2D eigenvalue weighted by Crippen LogP contribution is -2.40. The minimum absolute atomic E-state index is 0.0318. The van der Waals surface area contributed by atoms with E-state index < -0.39 is 22.5 Å². The molecule has 0 saturated heterocycles. The molecule has 0 unspecified atom stereocenters. The van der Waals surface area contributed by atoms with Crippen LogP contribution in [0.4, 0.5) is 5.69 Å². The average molecular weight is 444 g/mol. The van der Waals surface area contributed by atoms with Crippen molar-refractivity contribution in [2.24, 2.45) is 0 Å². The first-order valence-corrected chi connectivity index (χ1v) is 11.1. The van der Waals surface area contributed by atoms with E-state index in [4.69, 9.17) is 16.3 Å². The Morgan fingerprint density at radius 1 is 0.900 bits per heavy atom. The molecular formula is C23H22ClNO4S. The molecule has 5 nitrogen and oxygen atoms in total. The molecule has 0 fully saturated rings. The maximum atomic E-state index is 13.3. The molecule has 0 aliphatic rings. The summed E-state index contributed by atoms with van der Waals surface area (Å²) in [6, 6.07) is 18.1. The highest BCUT2D eigenvalue weighted by molar-refractivity contribution is 7.93. The number of anilines is 1. The van der Waals surface area contributed by atoms with Crippen LogP contribution in [0.15, 0.2) is 71.6 Å². The summed E-state index contributed by atoms with van der Waals surface area (Å²) < 4.78 is 33.0. The molecule has 3 aromatic rings. The molecule has 1 amide bonds. The van der Waals surface area contributed by atoms with E-state index >= 15 is 0 Å². The summed E-state index contributed by atoms with van der Waals surface area (Å²) in [7, 11) is -4.12. The summed E-state index contributed by atoms with van der Waals surface area (Å²) in [5.74, 6) is -0.270. The SMILES string of the molecule is Cc1ccc(N(C(=O)COc2ccc(Cl)c(C)c2)S(=O)(=O)c2ccc(C)cc2)cc1. The highest BCUT2D eigenvalue weighted by atomic mass is 35.5. The molecule has 7 heteroatoms. The van der Waals surface area contributed by atoms with Crippen LogP contribution in [-0.4, -0.2) is 20.9 Å². The lowest BCUT2D eigenvalue weighted by Gasteiger charge is -2.23. The van der Waals surface area contributed by atoms with Gasteiger partial charge in [-0.05, 0) is 68.8 Å². The predicted octanol–water partition coefficient (Wildman–Crippen LogP) is 5.07. The Bertz CT molecular complexity index is 1160. The van der Waals surface area contributed by atoms with E-state index in [1.165, 1.54) is 12.1 Å². The number of carbonyl (C=O) groups excluding carboxylic acids is 1. The molecule has 0 radical (unpaired) electrons. The number of benzene rings is 3. The molecule has 0 saturated carbocycles. The van der Waals surface area contributed by atoms with E-state index in [0.29, 0.717) is 10.8 Å². The fraction of sp³-hybridized carbons (Fsp3) is 0.174. The first-order chi connectivity index (χ1) is 14.2. The summed E-state index contributed by atoms with van der Waals surface area (Å²) >= 11 is 6.02. The van der Waals surface area contributed by atoms with Gasteiger partial charge >= 0.3 is 0 Å². The standard InChI is InChI=1S/C23H22ClNO4S/c1-16-4-8-19(9-5-16)25(30(27,28)21-11-6-17(2)7-12-21)23(26)15-29-20-10-13-22(24)18(3)14-20/h4-14H,15H2,1-3H3. The van der Waals surface area contributed by atoms with Gasteiger partial charge in [-0.1, -0.05) is 47.0 Å². The van der Waals surface area contributed by atoms with Crippen LogP contribution >= 0.6 is 11.6 Å². The smallest absolute Gasteiger partial charge is 0.278 e. The molecule has 0 spiro atoms. The zero-order valence-electron chi connectivity index (χ0n) is 16.9. The Labute approximate surface area is 181 Å². The first kappa shape index (κ1) is 21.9. The summed E-state index contributed by atoms with van der Waals surface area (Å²) in [4.78, 5) is 13.1. The Morgan fingerprint density at radius 2 is 1.47 bits per heavy atom. The van der Waals surface area contributed by atoms with E-state index in [1.54, 1.807) is 54.6 Å². The molecular weight excluding hydrogens is 422 g/mol. The highest BCUT2D eigenvalue weighted by Gasteiger charge is 2.31. The Hall–Kier alpha value is -2.83. The number of ether oxygens (including phenoxy) is 1. The summed E-state index contributed by atoms with van der Waals surface area (Å²) in [5, 5.41) is 0.580. The summed E-state index contributed by atoms with van der Waals surface area (Å²) in [6.45, 7) is 5.12. The van der Waals surface area contributed by atoms with Crippen molar-refractivity contribution in [3.8, 4) is 5.75 Å². The molecule has 0 N–H and O–H groups in total. The number of halogens is 1. The van der Waals surface area contributed by atoms with Gasteiger partial charge in [0.25, 0.3) is 15.9 Å². The lowest BCUT2D eigenvalue weighted by molar-refractivity contribution is -0.119. The molecule has 0 heterocycles. The Kier molecular flexibility index (Phi) is 6.48. The van der Waals surface area contributed by atoms with Crippen molar-refractivity contribution in [3.63, 3.8) is 0 Å². The van der Waals surface area contributed by atoms with Crippen LogP contribution in [0, 0.1) is 20.8 Å². The van der Waals surface area contributed by atoms with Crippen molar-refractivity contribution >= 4 is 33.2 Å². The van der Waals surface area contributed by atoms with Crippen molar-refractivity contribution in [1.29, 1.82) is 0 Å². The molecule has 3 aromatic carbocycles. The van der Waals surface area contributed by atoms with Gasteiger partial charge in [-0.15, -0.1) is 0 Å². The van der Waals surface area contributed by atoms with E-state index in [-0.39, 0.29) is 10.6 Å². The van der Waals surface area contributed by atoms with Gasteiger partial charge < -0.3 is 4.74 Å². The second kappa shape index (κ2) is 8.90. The third-order valence-corrected chi connectivity index (χ3v) is 6.73. The summed E-state index contributed by atoms with van der Waals surface area (Å²) in [5.41, 5.74) is 2.92. The molecule has 30 heavy (non-hydrogen) atoms. The first-order valence-electron chi connectivity index (χ1n) is 9.29. The van der Waals surface area contributed by atoms with Crippen molar-refractivity contribution in [1.82, 2.24) is 0 Å². The van der Waals surface area contributed by atoms with Gasteiger partial charge in [0, 0.05) is 5.02 Å². The largest absolute Gasteiger partial charge is 0.484 e. The van der Waals surface area contributed by atoms with Crippen LogP contribution < -0.4 is 9.04 Å². The van der Waals surface area contributed by atoms with Crippen molar-refractivity contribution in [2.45, 2.75) is 25.7 Å². The number of hydrogen-bond acceptors (Lipinski definition) is 4. The van der Waals surface area contributed by atoms with Crippen LogP contribution in [0.5, 0.6) is 5.75 Å². The van der Waals surface area contributed by atoms with Crippen LogP contribution in [-0.2, 0) is 14.8 Å². The van der Waals surface area contributed by atoms with E-state index in [2.05, 4.69) is 0 Å². The Morgan fingerprint density at radius 3 is 2.03 bits per heavy atom. The number of hydrogen-bond donors (Lipinski definition) is 0. The van der Waals surface area contributed by atoms with Gasteiger partial charge in [0.15, 0.2) is 6.61 Å². The van der Waals surface area contributed by atoms with Crippen LogP contribution in [0.1, 0.15) is 16.7 Å². The number of nitrogens with zero attached hydrogens (tertiary/aromatic N) is 1. The van der Waals surface area contributed by atoms with Crippen LogP contribution in [0.2, 0.25) is 5.02 Å². The fourth-order valence-corrected chi connectivity index (χ4v) is 4.35. The zero-order valence-corrected chi connectivity index (χ0v) is 18.5. The molecule has 3 rings (SSSR count). The fourth-order valence-electron chi connectivity index (χ4n) is 2.82. The highest BCUT2D eigenvalue weighted by Crippen LogP contribution is 2.26. The number of carbonyl (C=O) groups is 1. The molecule has 0 aliphatic heterocycles. The minimum Gasteiger partial charge on any atom is -0.484 e. The maximum absolute atomic E-state index is 13.3. The quantitative estimate of drug-likeness (QED) is 0.533. The normalized spacial score (nSPS) is 11.2. The third kappa shape index (κ3) is 4.83. The second-order valence-electron chi connectivity index (χ2n) is 7.01. The number of aryl methyl sites for hydroxylation is 3. The Balaban J connectivity index is 1.94. The van der Waals surface area contributed by atoms with E-state index in [0.717, 1.165) is 21.0 Å². The average Bonchev–Trinajstić information content (AvgIpc) is 2.71. The molecule has 156 valence electrons. The van der Waals surface area contributed by atoms with Crippen molar-refractivity contribution in [3.05, 3.63) is 88.4 Å². The van der Waals surface area contributed by atoms with Gasteiger partial charge in [0.05, 0.1) is 10.6 Å². The van der Waals surface area contributed by atoms with Gasteiger partial charge in [-0.3, -0.25) is 4.79 Å². The third-order valence-electron chi connectivity index (χ3n) is 4.55. The predicted molar refractivity (Wildman–Crippen MR) is 119 cm³/mol. The molecule has 0 atom stereocenters. The molecule has 0 bridgehead atoms. The van der Waals surface area contributed by atoms with E-state index in [9.17, 15) is 13.2 Å². The van der Waals surface area contributed by atoms with Gasteiger partial charge in [0.1, 0.15) is 5.75 Å². The minimum atomic E-state index is -4.12. The number of rotatable bonds is 6. The number of sulfonamides is 1. The second-order valence-corrected chi connectivity index (χ2v) is 9.21. The lowest BCUT2D eigenvalue weighted by atomic mass is 10.2. The summed E-state index contributed by atoms with van der Waals surface area (Å²) in [6.07, 6.45) is 0. The topological polar surface area (TPSA) is 63.7 Å². The van der Waals surface area contributed by atoms with E-state index in [1.807, 2.05) is 20.8 Å². The number of amides is 1.